The molecular weight excluding hydrogens is 372 g/mol. The largest absolute Gasteiger partial charge is 0.325 e. The number of aryl methyl sites for hydroxylation is 1. The van der Waals surface area contributed by atoms with E-state index >= 15 is 0 Å². The fourth-order valence-electron chi connectivity index (χ4n) is 2.45. The Morgan fingerprint density at radius 3 is 2.56 bits per heavy atom. The molecule has 1 N–H and O–H groups in total. The highest BCUT2D eigenvalue weighted by Gasteiger charge is 2.30. The topological polar surface area (TPSA) is 61.8 Å². The van der Waals surface area contributed by atoms with Crippen molar-refractivity contribution in [3.63, 3.8) is 0 Å². The second kappa shape index (κ2) is 7.87. The minimum Gasteiger partial charge on any atom is -0.325 e. The second-order valence-electron chi connectivity index (χ2n) is 6.04. The molecule has 8 heteroatoms. The molecule has 0 unspecified atom stereocenters. The third-order valence-electron chi connectivity index (χ3n) is 3.92. The summed E-state index contributed by atoms with van der Waals surface area (Å²) < 4.78 is 26.3. The Morgan fingerprint density at radius 1 is 1.19 bits per heavy atom. The maximum absolute atomic E-state index is 13.3. The number of amidine groups is 1. The van der Waals surface area contributed by atoms with Crippen LogP contribution < -0.4 is 10.2 Å². The first-order valence-electron chi connectivity index (χ1n) is 8.22. The summed E-state index contributed by atoms with van der Waals surface area (Å²) in [5.41, 5.74) is 1.91. The van der Waals surface area contributed by atoms with E-state index in [1.54, 1.807) is 6.92 Å². The molecule has 0 saturated carbocycles. The van der Waals surface area contributed by atoms with E-state index in [9.17, 15) is 18.4 Å². The van der Waals surface area contributed by atoms with Crippen molar-refractivity contribution in [1.29, 1.82) is 0 Å². The normalized spacial score (nSPS) is 14.9. The van der Waals surface area contributed by atoms with Gasteiger partial charge >= 0.3 is 0 Å². The number of hydrogen-bond donors (Lipinski definition) is 1. The number of rotatable bonds is 4. The first kappa shape index (κ1) is 19.0. The minimum atomic E-state index is -1.04. The maximum Gasteiger partial charge on any atom is 0.254 e. The molecule has 1 aliphatic heterocycles. The van der Waals surface area contributed by atoms with Gasteiger partial charge in [0.1, 0.15) is 6.54 Å². The first-order chi connectivity index (χ1) is 12.8. The van der Waals surface area contributed by atoms with E-state index in [0.717, 1.165) is 29.5 Å². The number of halogens is 2. The molecule has 27 heavy (non-hydrogen) atoms. The van der Waals surface area contributed by atoms with Gasteiger partial charge in [-0.05, 0) is 38.1 Å². The molecule has 0 aliphatic carbocycles. The van der Waals surface area contributed by atoms with Gasteiger partial charge in [0.05, 0.1) is 10.9 Å². The molecule has 5 nitrogen and oxygen atoms in total. The number of anilines is 2. The van der Waals surface area contributed by atoms with Crippen LogP contribution in [0.5, 0.6) is 0 Å². The molecule has 0 saturated heterocycles. The van der Waals surface area contributed by atoms with Crippen LogP contribution in [-0.2, 0) is 9.59 Å². The van der Waals surface area contributed by atoms with E-state index in [1.165, 1.54) is 11.0 Å². The van der Waals surface area contributed by atoms with Crippen LogP contribution in [0.3, 0.4) is 0 Å². The van der Waals surface area contributed by atoms with Crippen LogP contribution in [-0.4, -0.2) is 28.8 Å². The number of carbonyl (C=O) groups is 2. The van der Waals surface area contributed by atoms with Gasteiger partial charge in [-0.15, -0.1) is 0 Å². The lowest BCUT2D eigenvalue weighted by Gasteiger charge is -2.20. The van der Waals surface area contributed by atoms with E-state index in [1.807, 2.05) is 31.2 Å². The van der Waals surface area contributed by atoms with Crippen LogP contribution in [0.15, 0.2) is 47.5 Å². The summed E-state index contributed by atoms with van der Waals surface area (Å²) in [6, 6.07) is 10.6. The summed E-state index contributed by atoms with van der Waals surface area (Å²) in [6.45, 7) is 3.62. The number of amides is 2. The zero-order chi connectivity index (χ0) is 19.6. The van der Waals surface area contributed by atoms with Crippen molar-refractivity contribution in [2.24, 2.45) is 4.99 Å². The van der Waals surface area contributed by atoms with Crippen LogP contribution in [0.1, 0.15) is 12.5 Å². The average Bonchev–Trinajstić information content (AvgIpc) is 2.99. The molecular formula is C19H17F2N3O2S. The van der Waals surface area contributed by atoms with Gasteiger partial charge in [0, 0.05) is 11.8 Å². The molecule has 140 valence electrons. The fourth-order valence-corrected chi connectivity index (χ4v) is 3.38. The minimum absolute atomic E-state index is 0.0215. The van der Waals surface area contributed by atoms with Crippen LogP contribution in [0.4, 0.5) is 20.2 Å². The highest BCUT2D eigenvalue weighted by Crippen LogP contribution is 2.27. The third kappa shape index (κ3) is 4.33. The smallest absolute Gasteiger partial charge is 0.254 e. The van der Waals surface area contributed by atoms with Gasteiger partial charge in [0.2, 0.25) is 5.91 Å². The lowest BCUT2D eigenvalue weighted by molar-refractivity contribution is -0.116. The lowest BCUT2D eigenvalue weighted by atomic mass is 10.2. The zero-order valence-corrected chi connectivity index (χ0v) is 15.5. The van der Waals surface area contributed by atoms with Crippen LogP contribution in [0, 0.1) is 18.6 Å². The van der Waals surface area contributed by atoms with E-state index in [0.29, 0.717) is 10.9 Å². The molecule has 0 bridgehead atoms. The summed E-state index contributed by atoms with van der Waals surface area (Å²) >= 11 is 1.13. The predicted octanol–water partition coefficient (Wildman–Crippen LogP) is 3.74. The van der Waals surface area contributed by atoms with Crippen molar-refractivity contribution in [3.05, 3.63) is 59.7 Å². The van der Waals surface area contributed by atoms with E-state index < -0.39 is 22.8 Å². The van der Waals surface area contributed by atoms with Gasteiger partial charge in [-0.2, -0.15) is 0 Å². The van der Waals surface area contributed by atoms with Crippen LogP contribution in [0.25, 0.3) is 0 Å². The van der Waals surface area contributed by atoms with Crippen molar-refractivity contribution in [2.45, 2.75) is 19.1 Å². The monoisotopic (exact) mass is 389 g/mol. The van der Waals surface area contributed by atoms with Gasteiger partial charge in [0.25, 0.3) is 5.91 Å². The Balaban J connectivity index is 1.69. The van der Waals surface area contributed by atoms with Gasteiger partial charge in [-0.3, -0.25) is 19.5 Å². The number of aliphatic imine (C=N–C) groups is 1. The molecule has 1 aliphatic rings. The van der Waals surface area contributed by atoms with Crippen molar-refractivity contribution in [1.82, 2.24) is 0 Å². The van der Waals surface area contributed by atoms with Crippen molar-refractivity contribution in [2.75, 3.05) is 16.8 Å². The number of nitrogens with one attached hydrogen (secondary N) is 1. The molecule has 0 fully saturated rings. The SMILES string of the molecule is Cc1ccc(N2C(=O)CN=C2S[C@H](C)C(=O)Nc2ccc(F)c(F)c2)cc1. The fraction of sp³-hybridized carbons (Fsp3) is 0.211. The van der Waals surface area contributed by atoms with Crippen molar-refractivity contribution in [3.8, 4) is 0 Å². The van der Waals surface area contributed by atoms with Crippen LogP contribution >= 0.6 is 11.8 Å². The Hall–Kier alpha value is -2.74. The standard InChI is InChI=1S/C19H17F2N3O2S/c1-11-3-6-14(7-4-11)24-17(25)10-22-19(24)27-12(2)18(26)23-13-5-8-15(20)16(21)9-13/h3-9,12H,10H2,1-2H3,(H,23,26)/t12-/m1/s1. The number of benzene rings is 2. The highest BCUT2D eigenvalue weighted by molar-refractivity contribution is 8.15. The second-order valence-corrected chi connectivity index (χ2v) is 7.35. The summed E-state index contributed by atoms with van der Waals surface area (Å²) in [6.07, 6.45) is 0. The average molecular weight is 389 g/mol. The lowest BCUT2D eigenvalue weighted by Crippen LogP contribution is -2.33. The Labute approximate surface area is 159 Å². The summed E-state index contributed by atoms with van der Waals surface area (Å²) in [7, 11) is 0. The molecule has 2 amide bonds. The summed E-state index contributed by atoms with van der Waals surface area (Å²) in [5.74, 6) is -2.60. The van der Waals surface area contributed by atoms with E-state index in [2.05, 4.69) is 10.3 Å². The van der Waals surface area contributed by atoms with E-state index in [-0.39, 0.29) is 18.1 Å². The number of hydrogen-bond acceptors (Lipinski definition) is 4. The molecule has 0 spiro atoms. The van der Waals surface area contributed by atoms with E-state index in [4.69, 9.17) is 0 Å². The number of nitrogens with zero attached hydrogens (tertiary/aromatic N) is 2. The highest BCUT2D eigenvalue weighted by atomic mass is 32.2. The molecule has 2 aromatic rings. The summed E-state index contributed by atoms with van der Waals surface area (Å²) in [4.78, 5) is 30.3. The third-order valence-corrected chi connectivity index (χ3v) is 5.01. The Bertz CT molecular complexity index is 916. The molecule has 1 heterocycles. The number of thioether (sulfide) groups is 1. The zero-order valence-electron chi connectivity index (χ0n) is 14.7. The Kier molecular flexibility index (Phi) is 5.55. The van der Waals surface area contributed by atoms with Gasteiger partial charge < -0.3 is 5.32 Å². The predicted molar refractivity (Wildman–Crippen MR) is 103 cm³/mol. The van der Waals surface area contributed by atoms with Crippen molar-refractivity contribution < 1.29 is 18.4 Å². The molecule has 1 atom stereocenters. The Morgan fingerprint density at radius 2 is 1.89 bits per heavy atom. The van der Waals surface area contributed by atoms with Crippen LogP contribution in [0.2, 0.25) is 0 Å². The molecule has 0 aromatic heterocycles. The first-order valence-corrected chi connectivity index (χ1v) is 9.10. The molecule has 3 rings (SSSR count). The molecule has 2 aromatic carbocycles. The van der Waals surface area contributed by atoms with Gasteiger partial charge in [0.15, 0.2) is 16.8 Å². The molecule has 0 radical (unpaired) electrons. The van der Waals surface area contributed by atoms with Crippen molar-refractivity contribution >= 4 is 40.1 Å². The summed E-state index contributed by atoms with van der Waals surface area (Å²) in [5, 5.41) is 2.36. The van der Waals surface area contributed by atoms with Gasteiger partial charge in [-0.25, -0.2) is 8.78 Å². The van der Waals surface area contributed by atoms with Gasteiger partial charge in [-0.1, -0.05) is 29.5 Å². The number of carbonyl (C=O) groups excluding carboxylic acids is 2. The maximum atomic E-state index is 13.3. The quantitative estimate of drug-likeness (QED) is 0.867.